The molecule has 3 aromatic rings. The Hall–Kier alpha value is -3.94. The molecule has 1 N–H and O–H groups in total. The lowest BCUT2D eigenvalue weighted by molar-refractivity contribution is 0.0526. The molecule has 1 aliphatic rings. The quantitative estimate of drug-likeness (QED) is 0.539. The van der Waals surface area contributed by atoms with Gasteiger partial charge in [0, 0.05) is 12.2 Å². The largest absolute Gasteiger partial charge is 0.464 e. The molecule has 2 amide bonds. The number of urea groups is 1. The molecule has 1 aromatic heterocycles. The molecule has 8 nitrogen and oxygen atoms in total. The van der Waals surface area contributed by atoms with Gasteiger partial charge in [-0.3, -0.25) is 0 Å². The molecule has 166 valence electrons. The van der Waals surface area contributed by atoms with Gasteiger partial charge in [-0.2, -0.15) is 0 Å². The molecule has 32 heavy (non-hydrogen) atoms. The molecule has 0 unspecified atom stereocenters. The van der Waals surface area contributed by atoms with Crippen molar-refractivity contribution in [2.75, 3.05) is 18.7 Å². The van der Waals surface area contributed by atoms with E-state index in [9.17, 15) is 9.59 Å². The molecule has 0 saturated heterocycles. The highest BCUT2D eigenvalue weighted by Gasteiger charge is 2.19. The van der Waals surface area contributed by atoms with Gasteiger partial charge in [0.2, 0.25) is 6.79 Å². The summed E-state index contributed by atoms with van der Waals surface area (Å²) in [5, 5.41) is 2.88. The second-order valence-corrected chi connectivity index (χ2v) is 7.28. The van der Waals surface area contributed by atoms with E-state index in [0.29, 0.717) is 41.7 Å². The van der Waals surface area contributed by atoms with E-state index in [1.54, 1.807) is 36.1 Å². The smallest absolute Gasteiger partial charge is 0.338 e. The summed E-state index contributed by atoms with van der Waals surface area (Å²) < 4.78 is 21.5. The van der Waals surface area contributed by atoms with Crippen molar-refractivity contribution in [1.29, 1.82) is 0 Å². The van der Waals surface area contributed by atoms with Crippen molar-refractivity contribution in [3.63, 3.8) is 0 Å². The monoisotopic (exact) mass is 436 g/mol. The van der Waals surface area contributed by atoms with Gasteiger partial charge in [0.15, 0.2) is 11.5 Å². The number of carbonyl (C=O) groups is 2. The van der Waals surface area contributed by atoms with Crippen LogP contribution in [0.2, 0.25) is 0 Å². The topological polar surface area (TPSA) is 90.2 Å². The third kappa shape index (κ3) is 5.03. The van der Waals surface area contributed by atoms with Crippen molar-refractivity contribution < 1.29 is 28.2 Å². The number of amides is 2. The molecule has 1 aliphatic heterocycles. The number of esters is 1. The van der Waals surface area contributed by atoms with E-state index in [4.69, 9.17) is 18.6 Å². The summed E-state index contributed by atoms with van der Waals surface area (Å²) >= 11 is 0. The van der Waals surface area contributed by atoms with E-state index in [-0.39, 0.29) is 19.4 Å². The molecule has 4 rings (SSSR count). The number of benzene rings is 2. The predicted octanol–water partition coefficient (Wildman–Crippen LogP) is 4.73. The van der Waals surface area contributed by atoms with Crippen LogP contribution in [0.1, 0.15) is 34.4 Å². The molecule has 0 fully saturated rings. The van der Waals surface area contributed by atoms with Crippen LogP contribution >= 0.6 is 0 Å². The SMILES string of the molecule is CCOC(=O)c1ccc(NC(=O)N(Cc2ccc3c(c2)OCO3)Cc2ccc(C)o2)cc1. The molecule has 8 heteroatoms. The Morgan fingerprint density at radius 2 is 1.78 bits per heavy atom. The number of anilines is 1. The van der Waals surface area contributed by atoms with E-state index in [2.05, 4.69) is 5.32 Å². The Morgan fingerprint density at radius 3 is 2.50 bits per heavy atom. The third-order valence-electron chi connectivity index (χ3n) is 4.89. The minimum absolute atomic E-state index is 0.191. The first-order valence-electron chi connectivity index (χ1n) is 10.3. The molecule has 0 spiro atoms. The van der Waals surface area contributed by atoms with Gasteiger partial charge in [-0.25, -0.2) is 9.59 Å². The summed E-state index contributed by atoms with van der Waals surface area (Å²) in [6.07, 6.45) is 0. The maximum atomic E-state index is 13.1. The predicted molar refractivity (Wildman–Crippen MR) is 117 cm³/mol. The van der Waals surface area contributed by atoms with Crippen molar-refractivity contribution in [3.8, 4) is 11.5 Å². The number of ether oxygens (including phenoxy) is 3. The van der Waals surface area contributed by atoms with Crippen molar-refractivity contribution in [1.82, 2.24) is 4.90 Å². The number of nitrogens with zero attached hydrogens (tertiary/aromatic N) is 1. The van der Waals surface area contributed by atoms with Gasteiger partial charge >= 0.3 is 12.0 Å². The zero-order valence-corrected chi connectivity index (χ0v) is 17.9. The van der Waals surface area contributed by atoms with Gasteiger partial charge in [0.05, 0.1) is 18.7 Å². The van der Waals surface area contributed by atoms with Crippen molar-refractivity contribution in [2.24, 2.45) is 0 Å². The van der Waals surface area contributed by atoms with Gasteiger partial charge in [-0.1, -0.05) is 6.07 Å². The highest BCUT2D eigenvalue weighted by atomic mass is 16.7. The van der Waals surface area contributed by atoms with Gasteiger partial charge in [0.1, 0.15) is 11.5 Å². The van der Waals surface area contributed by atoms with Crippen LogP contribution in [0.15, 0.2) is 59.0 Å². The summed E-state index contributed by atoms with van der Waals surface area (Å²) in [5.74, 6) is 2.40. The summed E-state index contributed by atoms with van der Waals surface area (Å²) in [6, 6.07) is 15.6. The fourth-order valence-corrected chi connectivity index (χ4v) is 3.32. The van der Waals surface area contributed by atoms with Gasteiger partial charge in [0.25, 0.3) is 0 Å². The van der Waals surface area contributed by atoms with Crippen LogP contribution in [0.25, 0.3) is 0 Å². The maximum absolute atomic E-state index is 13.1. The van der Waals surface area contributed by atoms with E-state index in [1.165, 1.54) is 0 Å². The molecular formula is C24H24N2O6. The Morgan fingerprint density at radius 1 is 1.00 bits per heavy atom. The number of hydrogen-bond donors (Lipinski definition) is 1. The van der Waals surface area contributed by atoms with E-state index >= 15 is 0 Å². The average Bonchev–Trinajstić information content (AvgIpc) is 3.42. The third-order valence-corrected chi connectivity index (χ3v) is 4.89. The second-order valence-electron chi connectivity index (χ2n) is 7.28. The molecule has 0 atom stereocenters. The van der Waals surface area contributed by atoms with Crippen LogP contribution < -0.4 is 14.8 Å². The number of furan rings is 1. The normalized spacial score (nSPS) is 11.8. The highest BCUT2D eigenvalue weighted by Crippen LogP contribution is 2.33. The number of nitrogens with one attached hydrogen (secondary N) is 1. The highest BCUT2D eigenvalue weighted by molar-refractivity contribution is 5.92. The van der Waals surface area contributed by atoms with Crippen molar-refractivity contribution in [2.45, 2.75) is 26.9 Å². The van der Waals surface area contributed by atoms with Crippen LogP contribution in [-0.4, -0.2) is 30.3 Å². The molecule has 0 saturated carbocycles. The summed E-state index contributed by atoms with van der Waals surface area (Å²) in [6.45, 7) is 4.73. The zero-order valence-electron chi connectivity index (χ0n) is 17.9. The lowest BCUT2D eigenvalue weighted by Gasteiger charge is -2.22. The Balaban J connectivity index is 1.49. The van der Waals surface area contributed by atoms with Crippen LogP contribution in [0, 0.1) is 6.92 Å². The number of fused-ring (bicyclic) bond motifs is 1. The number of hydrogen-bond acceptors (Lipinski definition) is 6. The standard InChI is InChI=1S/C24H24N2O6/c1-3-29-23(27)18-6-8-19(9-7-18)25-24(28)26(14-20-10-4-16(2)32-20)13-17-5-11-21-22(12-17)31-15-30-21/h4-12H,3,13-15H2,1-2H3,(H,25,28). The second kappa shape index (κ2) is 9.47. The first kappa shape index (κ1) is 21.3. The van der Waals surface area contributed by atoms with Crippen molar-refractivity contribution in [3.05, 3.63) is 77.2 Å². The van der Waals surface area contributed by atoms with Crippen LogP contribution in [0.3, 0.4) is 0 Å². The number of carbonyl (C=O) groups excluding carboxylic acids is 2. The minimum Gasteiger partial charge on any atom is -0.464 e. The Bertz CT molecular complexity index is 1110. The fraction of sp³-hybridized carbons (Fsp3) is 0.250. The average molecular weight is 436 g/mol. The summed E-state index contributed by atoms with van der Waals surface area (Å²) in [7, 11) is 0. The minimum atomic E-state index is -0.400. The van der Waals surface area contributed by atoms with E-state index < -0.39 is 5.97 Å². The molecule has 0 aliphatic carbocycles. The Labute approximate surface area is 185 Å². The summed E-state index contributed by atoms with van der Waals surface area (Å²) in [5.41, 5.74) is 1.88. The Kier molecular flexibility index (Phi) is 6.30. The van der Waals surface area contributed by atoms with Gasteiger partial charge in [-0.05, 0) is 67.9 Å². The molecular weight excluding hydrogens is 412 g/mol. The van der Waals surface area contributed by atoms with Crippen LogP contribution in [0.5, 0.6) is 11.5 Å². The first-order chi connectivity index (χ1) is 15.5. The first-order valence-corrected chi connectivity index (χ1v) is 10.3. The van der Waals surface area contributed by atoms with Crippen molar-refractivity contribution >= 4 is 17.7 Å². The maximum Gasteiger partial charge on any atom is 0.338 e. The molecule has 0 radical (unpaired) electrons. The fourth-order valence-electron chi connectivity index (χ4n) is 3.32. The lowest BCUT2D eigenvalue weighted by atomic mass is 10.2. The molecule has 2 aromatic carbocycles. The van der Waals surface area contributed by atoms with E-state index in [1.807, 2.05) is 37.3 Å². The van der Waals surface area contributed by atoms with Crippen LogP contribution in [-0.2, 0) is 17.8 Å². The molecule has 0 bridgehead atoms. The van der Waals surface area contributed by atoms with Gasteiger partial charge in [-0.15, -0.1) is 0 Å². The number of rotatable bonds is 7. The number of aryl methyl sites for hydroxylation is 1. The van der Waals surface area contributed by atoms with Gasteiger partial charge < -0.3 is 28.8 Å². The molecule has 2 heterocycles. The zero-order chi connectivity index (χ0) is 22.5. The summed E-state index contributed by atoms with van der Waals surface area (Å²) in [4.78, 5) is 26.6. The van der Waals surface area contributed by atoms with E-state index in [0.717, 1.165) is 11.3 Å². The van der Waals surface area contributed by atoms with Crippen LogP contribution in [0.4, 0.5) is 10.5 Å². The lowest BCUT2D eigenvalue weighted by Crippen LogP contribution is -2.34.